The van der Waals surface area contributed by atoms with Gasteiger partial charge in [-0.3, -0.25) is 9.69 Å². The zero-order valence-electron chi connectivity index (χ0n) is 15.9. The molecule has 0 bridgehead atoms. The monoisotopic (exact) mass is 448 g/mol. The van der Waals surface area contributed by atoms with E-state index in [-0.39, 0.29) is 12.5 Å². The van der Waals surface area contributed by atoms with E-state index in [4.69, 9.17) is 23.2 Å². The first-order valence-corrected chi connectivity index (χ1v) is 11.6. The highest BCUT2D eigenvalue weighted by atomic mass is 35.5. The minimum atomic E-state index is -3.41. The fourth-order valence-electron chi connectivity index (χ4n) is 3.48. The van der Waals surface area contributed by atoms with Crippen LogP contribution in [0.4, 0.5) is 5.69 Å². The molecular formula is C18H26Cl2N4O3S. The van der Waals surface area contributed by atoms with Crippen LogP contribution in [0.15, 0.2) is 18.2 Å². The first kappa shape index (κ1) is 21.8. The average molecular weight is 449 g/mol. The molecule has 2 saturated heterocycles. The lowest BCUT2D eigenvalue weighted by Crippen LogP contribution is -2.55. The van der Waals surface area contributed by atoms with Crippen molar-refractivity contribution < 1.29 is 13.2 Å². The Hall–Kier alpha value is -0.900. The van der Waals surface area contributed by atoms with Crippen molar-refractivity contribution in [3.8, 4) is 0 Å². The van der Waals surface area contributed by atoms with Gasteiger partial charge in [-0.1, -0.05) is 30.1 Å². The molecule has 3 rings (SSSR count). The van der Waals surface area contributed by atoms with Crippen molar-refractivity contribution in [3.05, 3.63) is 28.2 Å². The Bertz CT molecular complexity index is 805. The molecular weight excluding hydrogens is 423 g/mol. The molecule has 1 amide bonds. The number of carbonyl (C=O) groups is 1. The van der Waals surface area contributed by atoms with E-state index in [1.165, 1.54) is 4.31 Å². The Balaban J connectivity index is 1.49. The highest BCUT2D eigenvalue weighted by Gasteiger charge is 2.34. The molecule has 1 aromatic rings. The van der Waals surface area contributed by atoms with Gasteiger partial charge < -0.3 is 5.32 Å². The summed E-state index contributed by atoms with van der Waals surface area (Å²) in [6.07, 6.45) is 1.82. The van der Waals surface area contributed by atoms with Gasteiger partial charge in [0.25, 0.3) is 10.2 Å². The summed E-state index contributed by atoms with van der Waals surface area (Å²) < 4.78 is 28.8. The van der Waals surface area contributed by atoms with Crippen molar-refractivity contribution in [2.75, 3.05) is 51.1 Å². The van der Waals surface area contributed by atoms with Crippen molar-refractivity contribution in [1.29, 1.82) is 0 Å². The van der Waals surface area contributed by atoms with Crippen LogP contribution in [0.1, 0.15) is 19.8 Å². The van der Waals surface area contributed by atoms with E-state index in [0.29, 0.717) is 60.9 Å². The fourth-order valence-corrected chi connectivity index (χ4v) is 5.44. The van der Waals surface area contributed by atoms with Crippen molar-refractivity contribution in [1.82, 2.24) is 13.5 Å². The molecule has 2 heterocycles. The summed E-state index contributed by atoms with van der Waals surface area (Å²) in [5.41, 5.74) is 0.472. The van der Waals surface area contributed by atoms with Crippen LogP contribution in [-0.4, -0.2) is 73.6 Å². The summed E-state index contributed by atoms with van der Waals surface area (Å²) in [5, 5.41) is 3.67. The Morgan fingerprint density at radius 2 is 1.68 bits per heavy atom. The van der Waals surface area contributed by atoms with Crippen LogP contribution in [-0.2, 0) is 15.0 Å². The number of benzene rings is 1. The maximum absolute atomic E-state index is 12.8. The van der Waals surface area contributed by atoms with E-state index in [1.807, 2.05) is 4.90 Å². The van der Waals surface area contributed by atoms with Crippen molar-refractivity contribution in [2.45, 2.75) is 19.8 Å². The summed E-state index contributed by atoms with van der Waals surface area (Å²) in [6, 6.07) is 4.89. The van der Waals surface area contributed by atoms with Gasteiger partial charge in [-0.15, -0.1) is 0 Å². The number of nitrogens with one attached hydrogen (secondary N) is 1. The number of hydrogen-bond donors (Lipinski definition) is 1. The lowest BCUT2D eigenvalue weighted by Gasteiger charge is -2.38. The number of hydrogen-bond acceptors (Lipinski definition) is 4. The second-order valence-corrected chi connectivity index (χ2v) is 10.2. The van der Waals surface area contributed by atoms with Gasteiger partial charge in [0.2, 0.25) is 5.91 Å². The molecule has 156 valence electrons. The molecule has 1 N–H and O–H groups in total. The molecule has 1 aromatic carbocycles. The normalized spacial score (nSPS) is 21.0. The SMILES string of the molecule is CC1CCN(S(=O)(=O)N2CCN(CC(=O)Nc3cc(Cl)ccc3Cl)CC2)CC1. The van der Waals surface area contributed by atoms with Crippen LogP contribution in [0.5, 0.6) is 0 Å². The van der Waals surface area contributed by atoms with Gasteiger partial charge in [-0.2, -0.15) is 17.0 Å². The van der Waals surface area contributed by atoms with Crippen molar-refractivity contribution >= 4 is 45.0 Å². The molecule has 0 saturated carbocycles. The van der Waals surface area contributed by atoms with Crippen LogP contribution >= 0.6 is 23.2 Å². The number of anilines is 1. The molecule has 0 spiro atoms. The number of piperidine rings is 1. The van der Waals surface area contributed by atoms with Gasteiger partial charge in [-0.05, 0) is 37.0 Å². The summed E-state index contributed by atoms with van der Waals surface area (Å²) in [7, 11) is -3.41. The van der Waals surface area contributed by atoms with Gasteiger partial charge in [0, 0.05) is 44.3 Å². The van der Waals surface area contributed by atoms with Crippen LogP contribution in [0.25, 0.3) is 0 Å². The Labute approximate surface area is 176 Å². The van der Waals surface area contributed by atoms with Crippen LogP contribution in [0, 0.1) is 5.92 Å². The van der Waals surface area contributed by atoms with Crippen molar-refractivity contribution in [2.24, 2.45) is 5.92 Å². The first-order valence-electron chi connectivity index (χ1n) is 9.48. The molecule has 2 fully saturated rings. The highest BCUT2D eigenvalue weighted by molar-refractivity contribution is 7.86. The molecule has 2 aliphatic heterocycles. The van der Waals surface area contributed by atoms with E-state index < -0.39 is 10.2 Å². The summed E-state index contributed by atoms with van der Waals surface area (Å²) in [6.45, 7) is 5.32. The summed E-state index contributed by atoms with van der Waals surface area (Å²) in [4.78, 5) is 14.2. The fraction of sp³-hybridized carbons (Fsp3) is 0.611. The predicted molar refractivity (Wildman–Crippen MR) is 112 cm³/mol. The Morgan fingerprint density at radius 3 is 2.32 bits per heavy atom. The number of amides is 1. The van der Waals surface area contributed by atoms with Gasteiger partial charge in [-0.25, -0.2) is 0 Å². The van der Waals surface area contributed by atoms with E-state index in [2.05, 4.69) is 12.2 Å². The lowest BCUT2D eigenvalue weighted by molar-refractivity contribution is -0.117. The third kappa shape index (κ3) is 5.37. The molecule has 0 aliphatic carbocycles. The highest BCUT2D eigenvalue weighted by Crippen LogP contribution is 2.25. The predicted octanol–water partition coefficient (Wildman–Crippen LogP) is 2.53. The number of piperazine rings is 1. The second-order valence-electron chi connectivity index (χ2n) is 7.44. The topological polar surface area (TPSA) is 73.0 Å². The molecule has 7 nitrogen and oxygen atoms in total. The zero-order chi connectivity index (χ0) is 20.3. The van der Waals surface area contributed by atoms with E-state index in [9.17, 15) is 13.2 Å². The quantitative estimate of drug-likeness (QED) is 0.750. The molecule has 2 aliphatic rings. The molecule has 0 radical (unpaired) electrons. The van der Waals surface area contributed by atoms with Crippen LogP contribution in [0.2, 0.25) is 10.0 Å². The number of nitrogens with zero attached hydrogens (tertiary/aromatic N) is 3. The van der Waals surface area contributed by atoms with Gasteiger partial charge in [0.05, 0.1) is 17.3 Å². The number of carbonyl (C=O) groups excluding carboxylic acids is 1. The Kier molecular flexibility index (Phi) is 7.22. The summed E-state index contributed by atoms with van der Waals surface area (Å²) >= 11 is 12.0. The van der Waals surface area contributed by atoms with Gasteiger partial charge in [0.1, 0.15) is 0 Å². The van der Waals surface area contributed by atoms with E-state index in [1.54, 1.807) is 22.5 Å². The van der Waals surface area contributed by atoms with Crippen LogP contribution < -0.4 is 5.32 Å². The maximum Gasteiger partial charge on any atom is 0.282 e. The minimum Gasteiger partial charge on any atom is -0.324 e. The van der Waals surface area contributed by atoms with E-state index >= 15 is 0 Å². The largest absolute Gasteiger partial charge is 0.324 e. The third-order valence-corrected chi connectivity index (χ3v) is 7.90. The smallest absolute Gasteiger partial charge is 0.282 e. The standard InChI is InChI=1S/C18H26Cl2N4O3S/c1-14-4-6-23(7-5-14)28(26,27)24-10-8-22(9-11-24)13-18(25)21-17-12-15(19)2-3-16(17)20/h2-3,12,14H,4-11,13H2,1H3,(H,21,25). The summed E-state index contributed by atoms with van der Waals surface area (Å²) in [5.74, 6) is 0.375. The molecule has 10 heteroatoms. The van der Waals surface area contributed by atoms with Gasteiger partial charge >= 0.3 is 0 Å². The number of halogens is 2. The molecule has 28 heavy (non-hydrogen) atoms. The third-order valence-electron chi connectivity index (χ3n) is 5.30. The first-order chi connectivity index (χ1) is 13.3. The second kappa shape index (κ2) is 9.28. The maximum atomic E-state index is 12.8. The van der Waals surface area contributed by atoms with Crippen molar-refractivity contribution in [3.63, 3.8) is 0 Å². The molecule has 0 aromatic heterocycles. The van der Waals surface area contributed by atoms with Crippen LogP contribution in [0.3, 0.4) is 0 Å². The molecule has 0 unspecified atom stereocenters. The number of rotatable bonds is 5. The van der Waals surface area contributed by atoms with E-state index in [0.717, 1.165) is 12.8 Å². The average Bonchev–Trinajstić information content (AvgIpc) is 2.65. The lowest BCUT2D eigenvalue weighted by atomic mass is 10.0. The zero-order valence-corrected chi connectivity index (χ0v) is 18.2. The Morgan fingerprint density at radius 1 is 1.07 bits per heavy atom. The molecule has 0 atom stereocenters. The minimum absolute atomic E-state index is 0.179. The van der Waals surface area contributed by atoms with Gasteiger partial charge in [0.15, 0.2) is 0 Å².